The molecule has 4 nitrogen and oxygen atoms in total. The highest BCUT2D eigenvalue weighted by Crippen LogP contribution is 2.48. The van der Waals surface area contributed by atoms with E-state index in [9.17, 15) is 14.7 Å². The molecule has 0 spiro atoms. The number of Topliss-reactive ketones (excluding diaryl/α,β-unsaturated/α-hetero) is 1. The number of ether oxygens (including phenoxy) is 1. The van der Waals surface area contributed by atoms with Gasteiger partial charge in [-0.25, -0.2) is 0 Å². The topological polar surface area (TPSA) is 63.6 Å². The van der Waals surface area contributed by atoms with E-state index in [0.717, 1.165) is 50.7 Å². The first kappa shape index (κ1) is 24.5. The summed E-state index contributed by atoms with van der Waals surface area (Å²) >= 11 is 1.61. The Hall–Kier alpha value is -0.810. The highest BCUT2D eigenvalue weighted by atomic mass is 32.2. The molecule has 1 unspecified atom stereocenters. The van der Waals surface area contributed by atoms with Crippen molar-refractivity contribution < 1.29 is 19.4 Å². The summed E-state index contributed by atoms with van der Waals surface area (Å²) in [5.74, 6) is 1.99. The Labute approximate surface area is 181 Å². The van der Waals surface area contributed by atoms with E-state index in [1.807, 2.05) is 13.0 Å². The predicted molar refractivity (Wildman–Crippen MR) is 120 cm³/mol. The molecule has 0 radical (unpaired) electrons. The molecular weight excluding hydrogens is 384 g/mol. The van der Waals surface area contributed by atoms with Crippen molar-refractivity contribution in [3.8, 4) is 0 Å². The molecule has 2 rings (SSSR count). The fourth-order valence-corrected chi connectivity index (χ4v) is 5.57. The van der Waals surface area contributed by atoms with E-state index in [0.29, 0.717) is 24.6 Å². The van der Waals surface area contributed by atoms with Crippen LogP contribution in [0.5, 0.6) is 0 Å². The zero-order valence-corrected chi connectivity index (χ0v) is 19.2. The molecule has 0 amide bonds. The molecule has 0 saturated heterocycles. The van der Waals surface area contributed by atoms with Crippen LogP contribution in [0.3, 0.4) is 0 Å². The lowest BCUT2D eigenvalue weighted by Crippen LogP contribution is -2.40. The fraction of sp³-hybridized carbons (Fsp3) is 0.833. The van der Waals surface area contributed by atoms with Crippen molar-refractivity contribution in [1.29, 1.82) is 0 Å². The Kier molecular flexibility index (Phi) is 10.8. The summed E-state index contributed by atoms with van der Waals surface area (Å²) < 4.78 is 4.93. The van der Waals surface area contributed by atoms with Gasteiger partial charge in [-0.05, 0) is 62.5 Å². The number of unbranched alkanes of at least 4 members (excludes halogenated alkanes) is 2. The number of hydrogen-bond acceptors (Lipinski definition) is 5. The quantitative estimate of drug-likeness (QED) is 0.232. The van der Waals surface area contributed by atoms with Gasteiger partial charge in [-0.2, -0.15) is 11.8 Å². The van der Waals surface area contributed by atoms with E-state index in [2.05, 4.69) is 13.0 Å². The highest BCUT2D eigenvalue weighted by Gasteiger charge is 2.42. The fourth-order valence-electron chi connectivity index (χ4n) is 4.77. The molecule has 29 heavy (non-hydrogen) atoms. The summed E-state index contributed by atoms with van der Waals surface area (Å²) in [7, 11) is 0. The Morgan fingerprint density at radius 2 is 2.10 bits per heavy atom. The number of aliphatic hydroxyl groups excluding tert-OH is 1. The maximum absolute atomic E-state index is 12.4. The number of carbonyl (C=O) groups is 2. The van der Waals surface area contributed by atoms with E-state index in [4.69, 9.17) is 4.74 Å². The van der Waals surface area contributed by atoms with Crippen LogP contribution < -0.4 is 0 Å². The number of hydrogen-bond donors (Lipinski definition) is 1. The summed E-state index contributed by atoms with van der Waals surface area (Å²) in [6.45, 7) is 4.47. The van der Waals surface area contributed by atoms with Gasteiger partial charge in [-0.3, -0.25) is 9.59 Å². The number of rotatable bonds is 14. The standard InChI is InChI=1S/C24H40O4S/c1-3-5-14-24(15-8-16-24)22(26)13-11-19-10-12-21(25)20(19)9-6-7-17-29-18-23(27)28-4-2/h11,13,19-20,22,26H,3-10,12,14-18H2,1-2H3/b13-11+/t19?,20-,22-/m1/s1. The Bertz CT molecular complexity index is 541. The van der Waals surface area contributed by atoms with Crippen LogP contribution in [0.4, 0.5) is 0 Å². The van der Waals surface area contributed by atoms with Gasteiger partial charge in [0.15, 0.2) is 0 Å². The Balaban J connectivity index is 1.73. The average molecular weight is 425 g/mol. The van der Waals surface area contributed by atoms with Crippen LogP contribution in [0.1, 0.15) is 84.5 Å². The molecule has 0 aromatic heterocycles. The predicted octanol–water partition coefficient (Wildman–Crippen LogP) is 5.33. The number of ketones is 1. The van der Waals surface area contributed by atoms with Gasteiger partial charge < -0.3 is 9.84 Å². The number of thioether (sulfide) groups is 1. The number of esters is 1. The molecule has 0 aliphatic heterocycles. The number of allylic oxidation sites excluding steroid dienone is 1. The summed E-state index contributed by atoms with van der Waals surface area (Å²) in [4.78, 5) is 23.7. The van der Waals surface area contributed by atoms with E-state index >= 15 is 0 Å². The van der Waals surface area contributed by atoms with Crippen molar-refractivity contribution in [2.75, 3.05) is 18.1 Å². The van der Waals surface area contributed by atoms with E-state index in [-0.39, 0.29) is 29.3 Å². The first-order chi connectivity index (χ1) is 14.0. The molecule has 166 valence electrons. The van der Waals surface area contributed by atoms with Crippen molar-refractivity contribution in [3.63, 3.8) is 0 Å². The molecule has 2 fully saturated rings. The zero-order valence-electron chi connectivity index (χ0n) is 18.4. The minimum absolute atomic E-state index is 0.0980. The molecule has 2 saturated carbocycles. The van der Waals surface area contributed by atoms with Crippen LogP contribution in [-0.4, -0.2) is 41.1 Å². The van der Waals surface area contributed by atoms with Crippen molar-refractivity contribution in [2.24, 2.45) is 17.3 Å². The lowest BCUT2D eigenvalue weighted by atomic mass is 9.62. The molecular formula is C24H40O4S. The monoisotopic (exact) mass is 424 g/mol. The van der Waals surface area contributed by atoms with Gasteiger partial charge in [0.2, 0.25) is 0 Å². The highest BCUT2D eigenvalue weighted by molar-refractivity contribution is 7.99. The molecule has 0 bridgehead atoms. The average Bonchev–Trinajstić information content (AvgIpc) is 3.02. The summed E-state index contributed by atoms with van der Waals surface area (Å²) in [6.07, 6.45) is 15.3. The number of carbonyl (C=O) groups excluding carboxylic acids is 2. The third-order valence-corrected chi connectivity index (χ3v) is 7.80. The van der Waals surface area contributed by atoms with Gasteiger partial charge in [0.25, 0.3) is 0 Å². The molecule has 2 aliphatic rings. The first-order valence-electron chi connectivity index (χ1n) is 11.6. The lowest BCUT2D eigenvalue weighted by molar-refractivity contribution is -0.139. The zero-order chi connectivity index (χ0) is 21.1. The lowest BCUT2D eigenvalue weighted by Gasteiger charge is -2.45. The van der Waals surface area contributed by atoms with Gasteiger partial charge in [0.05, 0.1) is 18.5 Å². The van der Waals surface area contributed by atoms with Gasteiger partial charge in [-0.15, -0.1) is 0 Å². The van der Waals surface area contributed by atoms with Crippen LogP contribution >= 0.6 is 11.8 Å². The second-order valence-corrected chi connectivity index (χ2v) is 9.88. The van der Waals surface area contributed by atoms with E-state index in [1.54, 1.807) is 11.8 Å². The van der Waals surface area contributed by atoms with Crippen molar-refractivity contribution in [3.05, 3.63) is 12.2 Å². The van der Waals surface area contributed by atoms with Crippen LogP contribution in [0.2, 0.25) is 0 Å². The molecule has 0 aromatic rings. The second-order valence-electron chi connectivity index (χ2n) is 8.78. The third-order valence-electron chi connectivity index (χ3n) is 6.78. The minimum Gasteiger partial charge on any atom is -0.465 e. The SMILES string of the molecule is CCCCC1([C@H](O)/C=C/C2CCC(=O)[C@@H]2CCCCSCC(=O)OCC)CCC1. The van der Waals surface area contributed by atoms with Crippen LogP contribution in [0, 0.1) is 17.3 Å². The van der Waals surface area contributed by atoms with Crippen molar-refractivity contribution in [1.82, 2.24) is 0 Å². The summed E-state index contributed by atoms with van der Waals surface area (Å²) in [5.41, 5.74) is 0.0980. The summed E-state index contributed by atoms with van der Waals surface area (Å²) in [6, 6.07) is 0. The molecule has 5 heteroatoms. The van der Waals surface area contributed by atoms with Crippen molar-refractivity contribution >= 4 is 23.5 Å². The normalized spacial score (nSPS) is 24.6. The molecule has 0 aromatic carbocycles. The van der Waals surface area contributed by atoms with Crippen LogP contribution in [-0.2, 0) is 14.3 Å². The number of aliphatic hydroxyl groups is 1. The molecule has 0 heterocycles. The Morgan fingerprint density at radius 3 is 2.76 bits per heavy atom. The maximum atomic E-state index is 12.4. The first-order valence-corrected chi connectivity index (χ1v) is 12.8. The minimum atomic E-state index is -0.363. The largest absolute Gasteiger partial charge is 0.465 e. The van der Waals surface area contributed by atoms with Gasteiger partial charge in [0, 0.05) is 12.3 Å². The maximum Gasteiger partial charge on any atom is 0.315 e. The smallest absolute Gasteiger partial charge is 0.315 e. The van der Waals surface area contributed by atoms with E-state index in [1.165, 1.54) is 19.3 Å². The molecule has 3 atom stereocenters. The van der Waals surface area contributed by atoms with Crippen LogP contribution in [0.15, 0.2) is 12.2 Å². The van der Waals surface area contributed by atoms with Crippen LogP contribution in [0.25, 0.3) is 0 Å². The molecule has 1 N–H and O–H groups in total. The molecule has 2 aliphatic carbocycles. The van der Waals surface area contributed by atoms with Gasteiger partial charge in [-0.1, -0.05) is 44.8 Å². The van der Waals surface area contributed by atoms with E-state index < -0.39 is 0 Å². The van der Waals surface area contributed by atoms with Gasteiger partial charge >= 0.3 is 5.97 Å². The Morgan fingerprint density at radius 1 is 1.31 bits per heavy atom. The van der Waals surface area contributed by atoms with Crippen molar-refractivity contribution in [2.45, 2.75) is 90.6 Å². The van der Waals surface area contributed by atoms with Gasteiger partial charge in [0.1, 0.15) is 5.78 Å². The third kappa shape index (κ3) is 7.43. The summed E-state index contributed by atoms with van der Waals surface area (Å²) in [5, 5.41) is 10.8. The second kappa shape index (κ2) is 12.8.